The van der Waals surface area contributed by atoms with Gasteiger partial charge in [0.2, 0.25) is 0 Å². The second-order valence-electron chi connectivity index (χ2n) is 5.50. The van der Waals surface area contributed by atoms with Crippen molar-refractivity contribution >= 4 is 6.03 Å². The summed E-state index contributed by atoms with van der Waals surface area (Å²) >= 11 is 0. The molecule has 1 atom stereocenters. The fourth-order valence-electron chi connectivity index (χ4n) is 2.17. The number of aromatic nitrogens is 2. The van der Waals surface area contributed by atoms with Gasteiger partial charge in [0.1, 0.15) is 0 Å². The van der Waals surface area contributed by atoms with Crippen molar-refractivity contribution in [3.8, 4) is 0 Å². The molecule has 0 bridgehead atoms. The Kier molecular flexibility index (Phi) is 7.22. The van der Waals surface area contributed by atoms with Gasteiger partial charge < -0.3 is 15.0 Å². The second-order valence-corrected chi connectivity index (χ2v) is 5.50. The number of carbonyl (C=O) groups excluding carboxylic acids is 1. The summed E-state index contributed by atoms with van der Waals surface area (Å²) in [4.78, 5) is 13.6. The molecule has 0 fully saturated rings. The molecule has 0 aromatic carbocycles. The van der Waals surface area contributed by atoms with Gasteiger partial charge in [-0.15, -0.1) is 0 Å². The Morgan fingerprint density at radius 1 is 1.48 bits per heavy atom. The molecule has 21 heavy (non-hydrogen) atoms. The summed E-state index contributed by atoms with van der Waals surface area (Å²) in [6.07, 6.45) is 2.86. The number of nitrogens with zero attached hydrogens (tertiary/aromatic N) is 2. The van der Waals surface area contributed by atoms with E-state index >= 15 is 0 Å². The van der Waals surface area contributed by atoms with Crippen LogP contribution in [0, 0.1) is 13.8 Å². The minimum Gasteiger partial charge on any atom is -0.382 e. The van der Waals surface area contributed by atoms with Gasteiger partial charge in [0.05, 0.1) is 11.8 Å². The van der Waals surface area contributed by atoms with E-state index in [1.165, 1.54) is 5.56 Å². The number of hydrogen-bond donors (Lipinski definition) is 2. The molecular formula is C15H28N4O2. The van der Waals surface area contributed by atoms with Crippen LogP contribution in [-0.2, 0) is 11.2 Å². The first kappa shape index (κ1) is 17.5. The van der Waals surface area contributed by atoms with Gasteiger partial charge in [-0.2, -0.15) is 5.10 Å². The minimum absolute atomic E-state index is 0.0288. The third-order valence-electron chi connectivity index (χ3n) is 3.78. The predicted molar refractivity (Wildman–Crippen MR) is 83.5 cm³/mol. The fraction of sp³-hybridized carbons (Fsp3) is 0.733. The zero-order valence-corrected chi connectivity index (χ0v) is 13.8. The number of rotatable bonds is 8. The Labute approximate surface area is 127 Å². The number of methoxy groups -OCH3 is 1. The number of ether oxygens (including phenoxy) is 1. The van der Waals surface area contributed by atoms with Gasteiger partial charge in [-0.1, -0.05) is 0 Å². The molecule has 1 unspecified atom stereocenters. The maximum absolute atomic E-state index is 11.9. The van der Waals surface area contributed by atoms with E-state index in [0.717, 1.165) is 37.2 Å². The molecule has 120 valence electrons. The van der Waals surface area contributed by atoms with E-state index in [-0.39, 0.29) is 12.1 Å². The quantitative estimate of drug-likeness (QED) is 0.771. The summed E-state index contributed by atoms with van der Waals surface area (Å²) in [6, 6.07) is -0.0288. The average Bonchev–Trinajstić information content (AvgIpc) is 2.78. The molecule has 0 spiro atoms. The molecule has 0 radical (unpaired) electrons. The minimum atomic E-state index is -0.0288. The van der Waals surface area contributed by atoms with Gasteiger partial charge in [0, 0.05) is 32.9 Å². The first-order valence-electron chi connectivity index (χ1n) is 7.48. The van der Waals surface area contributed by atoms with Crippen LogP contribution in [0.1, 0.15) is 36.7 Å². The van der Waals surface area contributed by atoms with Crippen LogP contribution in [0.4, 0.5) is 4.79 Å². The molecule has 2 amide bonds. The highest BCUT2D eigenvalue weighted by Crippen LogP contribution is 2.11. The van der Waals surface area contributed by atoms with Crippen LogP contribution in [0.3, 0.4) is 0 Å². The van der Waals surface area contributed by atoms with E-state index in [1.54, 1.807) is 12.0 Å². The highest BCUT2D eigenvalue weighted by Gasteiger charge is 2.10. The van der Waals surface area contributed by atoms with Crippen LogP contribution in [-0.4, -0.2) is 54.5 Å². The number of hydrogen-bond acceptors (Lipinski definition) is 3. The lowest BCUT2D eigenvalue weighted by Crippen LogP contribution is -2.39. The summed E-state index contributed by atoms with van der Waals surface area (Å²) in [7, 11) is 3.50. The summed E-state index contributed by atoms with van der Waals surface area (Å²) in [6.45, 7) is 7.40. The molecule has 6 nitrogen and oxygen atoms in total. The molecule has 0 aliphatic rings. The third-order valence-corrected chi connectivity index (χ3v) is 3.78. The topological polar surface area (TPSA) is 70.2 Å². The van der Waals surface area contributed by atoms with E-state index in [0.29, 0.717) is 6.54 Å². The number of nitrogens with one attached hydrogen (secondary N) is 2. The molecule has 6 heteroatoms. The number of amides is 2. The highest BCUT2D eigenvalue weighted by molar-refractivity contribution is 5.73. The summed E-state index contributed by atoms with van der Waals surface area (Å²) in [5.41, 5.74) is 3.43. The fourth-order valence-corrected chi connectivity index (χ4v) is 2.17. The molecule has 0 aliphatic carbocycles. The van der Waals surface area contributed by atoms with E-state index in [1.807, 2.05) is 27.8 Å². The van der Waals surface area contributed by atoms with E-state index < -0.39 is 0 Å². The van der Waals surface area contributed by atoms with Gasteiger partial charge in [-0.05, 0) is 45.6 Å². The SMILES string of the molecule is COC(C)CCNC(=O)N(C)CCCc1c(C)n[nH]c1C. The van der Waals surface area contributed by atoms with Gasteiger partial charge in [0.25, 0.3) is 0 Å². The van der Waals surface area contributed by atoms with Crippen molar-refractivity contribution in [3.63, 3.8) is 0 Å². The lowest BCUT2D eigenvalue weighted by molar-refractivity contribution is 0.111. The Bertz CT molecular complexity index is 425. The van der Waals surface area contributed by atoms with Crippen molar-refractivity contribution in [1.82, 2.24) is 20.4 Å². The van der Waals surface area contributed by atoms with Gasteiger partial charge in [-0.3, -0.25) is 5.10 Å². The first-order valence-corrected chi connectivity index (χ1v) is 7.48. The Hall–Kier alpha value is -1.56. The molecule has 1 aromatic heterocycles. The van der Waals surface area contributed by atoms with Crippen molar-refractivity contribution in [3.05, 3.63) is 17.0 Å². The zero-order valence-electron chi connectivity index (χ0n) is 13.8. The molecule has 0 aliphatic heterocycles. The standard InChI is InChI=1S/C15H28N4O2/c1-11(21-5)8-9-16-15(20)19(4)10-6-7-14-12(2)17-18-13(14)3/h11H,6-10H2,1-5H3,(H,16,20)(H,17,18). The lowest BCUT2D eigenvalue weighted by Gasteiger charge is -2.18. The number of aromatic amines is 1. The van der Waals surface area contributed by atoms with Gasteiger partial charge >= 0.3 is 6.03 Å². The number of aryl methyl sites for hydroxylation is 2. The van der Waals surface area contributed by atoms with Crippen molar-refractivity contribution in [2.24, 2.45) is 0 Å². The van der Waals surface area contributed by atoms with Crippen molar-refractivity contribution in [2.75, 3.05) is 27.2 Å². The van der Waals surface area contributed by atoms with Crippen LogP contribution in [0.5, 0.6) is 0 Å². The Morgan fingerprint density at radius 3 is 2.76 bits per heavy atom. The monoisotopic (exact) mass is 296 g/mol. The van der Waals surface area contributed by atoms with Crippen LogP contribution in [0.25, 0.3) is 0 Å². The van der Waals surface area contributed by atoms with E-state index in [9.17, 15) is 4.79 Å². The Morgan fingerprint density at radius 2 is 2.19 bits per heavy atom. The number of carbonyl (C=O) groups is 1. The molecule has 1 aromatic rings. The van der Waals surface area contributed by atoms with Crippen molar-refractivity contribution < 1.29 is 9.53 Å². The average molecular weight is 296 g/mol. The number of H-pyrrole nitrogens is 1. The smallest absolute Gasteiger partial charge is 0.317 e. The summed E-state index contributed by atoms with van der Waals surface area (Å²) < 4.78 is 5.15. The Balaban J connectivity index is 2.24. The van der Waals surface area contributed by atoms with Crippen LogP contribution in [0.2, 0.25) is 0 Å². The van der Waals surface area contributed by atoms with Gasteiger partial charge in [-0.25, -0.2) is 4.79 Å². The molecule has 0 saturated carbocycles. The molecule has 1 heterocycles. The zero-order chi connectivity index (χ0) is 15.8. The molecule has 2 N–H and O–H groups in total. The van der Waals surface area contributed by atoms with E-state index in [2.05, 4.69) is 15.5 Å². The summed E-state index contributed by atoms with van der Waals surface area (Å²) in [5, 5.41) is 10.1. The maximum Gasteiger partial charge on any atom is 0.317 e. The maximum atomic E-state index is 11.9. The van der Waals surface area contributed by atoms with Crippen LogP contribution >= 0.6 is 0 Å². The first-order chi connectivity index (χ1) is 9.95. The lowest BCUT2D eigenvalue weighted by atomic mass is 10.1. The van der Waals surface area contributed by atoms with Crippen LogP contribution < -0.4 is 5.32 Å². The van der Waals surface area contributed by atoms with Crippen molar-refractivity contribution in [1.29, 1.82) is 0 Å². The summed E-state index contributed by atoms with van der Waals surface area (Å²) in [5.74, 6) is 0. The van der Waals surface area contributed by atoms with Gasteiger partial charge in [0.15, 0.2) is 0 Å². The molecule has 1 rings (SSSR count). The normalized spacial score (nSPS) is 12.2. The van der Waals surface area contributed by atoms with Crippen molar-refractivity contribution in [2.45, 2.75) is 46.1 Å². The molecular weight excluding hydrogens is 268 g/mol. The predicted octanol–water partition coefficient (Wildman–Crippen LogP) is 2.03. The largest absolute Gasteiger partial charge is 0.382 e. The number of urea groups is 1. The third kappa shape index (κ3) is 5.75. The molecule has 0 saturated heterocycles. The highest BCUT2D eigenvalue weighted by atomic mass is 16.5. The second kappa shape index (κ2) is 8.67. The van der Waals surface area contributed by atoms with E-state index in [4.69, 9.17) is 4.74 Å². The van der Waals surface area contributed by atoms with Crippen LogP contribution in [0.15, 0.2) is 0 Å².